The zero-order valence-electron chi connectivity index (χ0n) is 14.0. The second-order valence-corrected chi connectivity index (χ2v) is 10.9. The number of phosphoric acid groups is 3. The molecule has 14 nitrogen and oxygen atoms in total. The van der Waals surface area contributed by atoms with Gasteiger partial charge in [-0.3, -0.25) is 9.32 Å². The van der Waals surface area contributed by atoms with Gasteiger partial charge in [0, 0.05) is 17.3 Å². The van der Waals surface area contributed by atoms with Crippen LogP contribution in [0.2, 0.25) is 0 Å². The molecule has 0 aromatic carbocycles. The Hall–Kier alpha value is -0.720. The number of hydrogen-bond acceptors (Lipinski definition) is 11. The molecule has 0 spiro atoms. The molecule has 3 heterocycles. The molecule has 0 bridgehead atoms. The van der Waals surface area contributed by atoms with Gasteiger partial charge in [0.1, 0.15) is 24.4 Å². The Kier molecular flexibility index (Phi) is 5.90. The fourth-order valence-corrected chi connectivity index (χ4v) is 7.52. The van der Waals surface area contributed by atoms with E-state index in [4.69, 9.17) is 14.5 Å². The third kappa shape index (κ3) is 4.71. The average Bonchev–Trinajstić information content (AvgIpc) is 2.80. The van der Waals surface area contributed by atoms with Crippen LogP contribution in [-0.2, 0) is 35.9 Å². The van der Waals surface area contributed by atoms with Crippen LogP contribution >= 0.6 is 23.5 Å². The molecule has 0 radical (unpaired) electrons. The van der Waals surface area contributed by atoms with E-state index in [1.54, 1.807) is 0 Å². The monoisotopic (exact) mass is 463 g/mol. The minimum Gasteiger partial charge on any atom is -0.387 e. The predicted molar refractivity (Wildman–Crippen MR) is 87.9 cm³/mol. The molecule has 3 rings (SSSR count). The topological polar surface area (TPSA) is 211 Å². The molecule has 6 atom stereocenters. The number of rotatable bonds is 4. The summed E-state index contributed by atoms with van der Waals surface area (Å²) in [7, 11) is -15.4. The number of aromatic nitrogens is 1. The highest BCUT2D eigenvalue weighted by Gasteiger charge is 2.55. The van der Waals surface area contributed by atoms with Crippen molar-refractivity contribution in [1.82, 2.24) is 4.98 Å². The van der Waals surface area contributed by atoms with Gasteiger partial charge in [0.05, 0.1) is 6.61 Å². The number of aromatic amines is 1. The highest BCUT2D eigenvalue weighted by Crippen LogP contribution is 2.80. The molecule has 17 heteroatoms. The number of aliphatic hydroxyl groups excluding tert-OH is 2. The molecule has 2 saturated heterocycles. The van der Waals surface area contributed by atoms with Gasteiger partial charge in [-0.1, -0.05) is 0 Å². The van der Waals surface area contributed by atoms with E-state index in [2.05, 4.69) is 22.4 Å². The van der Waals surface area contributed by atoms with E-state index in [1.807, 2.05) is 0 Å². The van der Waals surface area contributed by atoms with Gasteiger partial charge < -0.3 is 29.7 Å². The number of pyridine rings is 1. The normalized spacial score (nSPS) is 43.9. The number of H-pyrrole nitrogens is 1. The summed E-state index contributed by atoms with van der Waals surface area (Å²) in [4.78, 5) is 32.2. The Morgan fingerprint density at radius 1 is 1.11 bits per heavy atom. The van der Waals surface area contributed by atoms with Crippen LogP contribution < -0.4 is 5.56 Å². The first-order valence-electron chi connectivity index (χ1n) is 7.56. The highest BCUT2D eigenvalue weighted by molar-refractivity contribution is 7.74. The first-order valence-corrected chi connectivity index (χ1v) is 12.0. The Labute approximate surface area is 156 Å². The lowest BCUT2D eigenvalue weighted by Crippen LogP contribution is -2.33. The second-order valence-electron chi connectivity index (χ2n) is 5.95. The van der Waals surface area contributed by atoms with Crippen LogP contribution in [0.3, 0.4) is 0 Å². The molecule has 0 amide bonds. The Morgan fingerprint density at radius 2 is 1.71 bits per heavy atom. The zero-order valence-corrected chi connectivity index (χ0v) is 16.7. The smallest absolute Gasteiger partial charge is 0.387 e. The minimum absolute atomic E-state index is 0.327. The summed E-state index contributed by atoms with van der Waals surface area (Å²) in [5.41, 5.74) is 0.301. The molecule has 1 aromatic heterocycles. The van der Waals surface area contributed by atoms with Gasteiger partial charge in [0.25, 0.3) is 5.56 Å². The lowest BCUT2D eigenvalue weighted by atomic mass is 10.0. The average molecular weight is 463 g/mol. The Morgan fingerprint density at radius 3 is 2.29 bits per heavy atom. The molecular formula is C11H16NO13P3. The van der Waals surface area contributed by atoms with Gasteiger partial charge >= 0.3 is 23.5 Å². The van der Waals surface area contributed by atoms with Crippen LogP contribution in [0.15, 0.2) is 17.1 Å². The maximum absolute atomic E-state index is 12.2. The lowest BCUT2D eigenvalue weighted by molar-refractivity contribution is -0.0231. The molecule has 4 unspecified atom stereocenters. The van der Waals surface area contributed by atoms with Crippen LogP contribution in [-0.4, -0.2) is 49.9 Å². The number of hydrogen-bond donors (Lipinski definition) is 5. The first kappa shape index (κ1) is 22.0. The van der Waals surface area contributed by atoms with Crippen molar-refractivity contribution >= 4 is 23.5 Å². The van der Waals surface area contributed by atoms with Crippen molar-refractivity contribution in [1.29, 1.82) is 0 Å². The molecule has 5 N–H and O–H groups in total. The van der Waals surface area contributed by atoms with Gasteiger partial charge in [0.2, 0.25) is 0 Å². The number of nitrogens with one attached hydrogen (secondary N) is 1. The first-order chi connectivity index (χ1) is 12.8. The quantitative estimate of drug-likeness (QED) is 0.379. The van der Waals surface area contributed by atoms with Gasteiger partial charge in [-0.05, 0) is 13.0 Å². The largest absolute Gasteiger partial charge is 0.492 e. The van der Waals surface area contributed by atoms with Crippen LogP contribution in [0.5, 0.6) is 0 Å². The predicted octanol–water partition coefficient (Wildman–Crippen LogP) is 0.234. The summed E-state index contributed by atoms with van der Waals surface area (Å²) < 4.78 is 57.0. The highest BCUT2D eigenvalue weighted by atomic mass is 31.3. The second kappa shape index (κ2) is 7.51. The number of aryl methyl sites for hydroxylation is 1. The van der Waals surface area contributed by atoms with E-state index in [-0.39, 0.29) is 5.56 Å². The molecule has 2 fully saturated rings. The van der Waals surface area contributed by atoms with Crippen LogP contribution in [0.1, 0.15) is 17.2 Å². The van der Waals surface area contributed by atoms with E-state index in [9.17, 15) is 28.7 Å². The third-order valence-electron chi connectivity index (χ3n) is 3.81. The molecule has 2 aliphatic rings. The number of aliphatic hydroxyl groups is 2. The Balaban J connectivity index is 1.72. The van der Waals surface area contributed by atoms with Gasteiger partial charge in [-0.15, -0.1) is 0 Å². The van der Waals surface area contributed by atoms with Crippen LogP contribution in [0.25, 0.3) is 0 Å². The summed E-state index contributed by atoms with van der Waals surface area (Å²) in [6.45, 7) is 0.709. The van der Waals surface area contributed by atoms with Crippen molar-refractivity contribution < 1.29 is 55.9 Å². The fourth-order valence-electron chi connectivity index (χ4n) is 2.59. The molecule has 2 aliphatic heterocycles. The molecule has 158 valence electrons. The van der Waals surface area contributed by atoms with E-state index < -0.39 is 54.5 Å². The zero-order chi connectivity index (χ0) is 20.9. The summed E-state index contributed by atoms with van der Waals surface area (Å²) in [5.74, 6) is 0. The van der Waals surface area contributed by atoms with E-state index in [0.29, 0.717) is 11.1 Å². The van der Waals surface area contributed by atoms with Crippen LogP contribution in [0, 0.1) is 6.92 Å². The van der Waals surface area contributed by atoms with Crippen molar-refractivity contribution in [3.05, 3.63) is 33.7 Å². The molecule has 1 aromatic rings. The van der Waals surface area contributed by atoms with E-state index >= 15 is 0 Å². The SMILES string of the molecule is Cc1cc([C@@H]2O[C@H](COP3(=O)OP(=O)(O)OP(=O)(O)O3)C(O)C2O)c[nH]c1=O. The maximum Gasteiger partial charge on any atom is 0.492 e. The Bertz CT molecular complexity index is 933. The standard InChI is InChI=1S/C11H16NO13P3/c1-5-2-6(3-12-11(5)15)10-9(14)8(13)7(22-10)4-21-28(20)24-26(16,17)23-27(18,19)25-28/h2-3,7-10,13-14H,4H2,1H3,(H,12,15)(H,16,17)(H,18,19)/t7-,8?,9?,10+/m1/s1. The summed E-state index contributed by atoms with van der Waals surface area (Å²) >= 11 is 0. The maximum atomic E-state index is 12.2. The van der Waals surface area contributed by atoms with Crippen molar-refractivity contribution in [2.45, 2.75) is 31.3 Å². The molecule has 28 heavy (non-hydrogen) atoms. The van der Waals surface area contributed by atoms with Gasteiger partial charge in [0.15, 0.2) is 0 Å². The van der Waals surface area contributed by atoms with Crippen LogP contribution in [0.4, 0.5) is 0 Å². The molecule has 0 saturated carbocycles. The lowest BCUT2D eigenvalue weighted by Gasteiger charge is -2.27. The van der Waals surface area contributed by atoms with E-state index in [1.165, 1.54) is 19.2 Å². The molecule has 0 aliphatic carbocycles. The van der Waals surface area contributed by atoms with Gasteiger partial charge in [-0.2, -0.15) is 12.9 Å². The van der Waals surface area contributed by atoms with Crippen molar-refractivity contribution in [2.75, 3.05) is 6.61 Å². The van der Waals surface area contributed by atoms with Gasteiger partial charge in [-0.25, -0.2) is 13.7 Å². The third-order valence-corrected chi connectivity index (χ3v) is 9.18. The van der Waals surface area contributed by atoms with Crippen molar-refractivity contribution in [2.24, 2.45) is 0 Å². The summed E-state index contributed by atoms with van der Waals surface area (Å²) in [6, 6.07) is 1.43. The fraction of sp³-hybridized carbons (Fsp3) is 0.545. The van der Waals surface area contributed by atoms with Crippen molar-refractivity contribution in [3.63, 3.8) is 0 Å². The molecular weight excluding hydrogens is 447 g/mol. The minimum atomic E-state index is -5.20. The number of ether oxygens (including phenoxy) is 1. The summed E-state index contributed by atoms with van der Waals surface area (Å²) in [6.07, 6.45) is -4.18. The van der Waals surface area contributed by atoms with Crippen molar-refractivity contribution in [3.8, 4) is 0 Å². The van der Waals surface area contributed by atoms with E-state index in [0.717, 1.165) is 0 Å². The summed E-state index contributed by atoms with van der Waals surface area (Å²) in [5, 5.41) is 20.3.